The molecule has 18 heavy (non-hydrogen) atoms. The number of nitrogens with zero attached hydrogens (tertiary/aromatic N) is 2. The van der Waals surface area contributed by atoms with Crippen molar-refractivity contribution in [3.05, 3.63) is 53.2 Å². The third-order valence-corrected chi connectivity index (χ3v) is 2.63. The van der Waals surface area contributed by atoms with Crippen molar-refractivity contribution in [1.82, 2.24) is 4.98 Å². The molecule has 0 atom stereocenters. The monoisotopic (exact) mass is 238 g/mol. The lowest BCUT2D eigenvalue weighted by Gasteiger charge is -2.08. The molecule has 0 aliphatic rings. The maximum Gasteiger partial charge on any atom is 0.149 e. The standard InChI is InChI=1S/C14H14N4/c1-10-2-4-11(5-3-10)8-17-14-13(16)6-12(7-15)9-18-14/h2-6,9H,8,16H2,1H3,(H,17,18). The first kappa shape index (κ1) is 11.9. The van der Waals surface area contributed by atoms with Crippen LogP contribution in [0.25, 0.3) is 0 Å². The second kappa shape index (κ2) is 5.19. The summed E-state index contributed by atoms with van der Waals surface area (Å²) in [5.41, 5.74) is 9.15. The molecule has 4 heteroatoms. The van der Waals surface area contributed by atoms with Crippen LogP contribution in [0, 0.1) is 18.3 Å². The van der Waals surface area contributed by atoms with E-state index in [1.165, 1.54) is 11.8 Å². The van der Waals surface area contributed by atoms with Crippen molar-refractivity contribution in [2.75, 3.05) is 11.1 Å². The molecule has 0 saturated heterocycles. The van der Waals surface area contributed by atoms with Crippen molar-refractivity contribution in [3.8, 4) is 6.07 Å². The van der Waals surface area contributed by atoms with Crippen molar-refractivity contribution >= 4 is 11.5 Å². The Morgan fingerprint density at radius 3 is 2.67 bits per heavy atom. The molecule has 0 amide bonds. The minimum absolute atomic E-state index is 0.466. The molecule has 0 aliphatic heterocycles. The van der Waals surface area contributed by atoms with E-state index in [0.717, 1.165) is 5.56 Å². The van der Waals surface area contributed by atoms with Crippen molar-refractivity contribution < 1.29 is 0 Å². The molecular weight excluding hydrogens is 224 g/mol. The summed E-state index contributed by atoms with van der Waals surface area (Å²) in [5.74, 6) is 0.606. The highest BCUT2D eigenvalue weighted by Gasteiger charge is 2.02. The van der Waals surface area contributed by atoms with Gasteiger partial charge in [0.2, 0.25) is 0 Å². The van der Waals surface area contributed by atoms with Gasteiger partial charge < -0.3 is 11.1 Å². The number of aryl methyl sites for hydroxylation is 1. The molecule has 0 radical (unpaired) electrons. The van der Waals surface area contributed by atoms with Gasteiger partial charge in [0.15, 0.2) is 0 Å². The van der Waals surface area contributed by atoms with Gasteiger partial charge in [0.1, 0.15) is 11.9 Å². The fourth-order valence-corrected chi connectivity index (χ4v) is 1.58. The number of hydrogen-bond donors (Lipinski definition) is 2. The van der Waals surface area contributed by atoms with Gasteiger partial charge in [-0.3, -0.25) is 0 Å². The van der Waals surface area contributed by atoms with Gasteiger partial charge in [-0.25, -0.2) is 4.98 Å². The van der Waals surface area contributed by atoms with Crippen LogP contribution in [0.5, 0.6) is 0 Å². The first-order valence-corrected chi connectivity index (χ1v) is 5.64. The Morgan fingerprint density at radius 1 is 1.33 bits per heavy atom. The van der Waals surface area contributed by atoms with Gasteiger partial charge >= 0.3 is 0 Å². The summed E-state index contributed by atoms with van der Waals surface area (Å²) in [6, 6.07) is 11.9. The summed E-state index contributed by atoms with van der Waals surface area (Å²) in [6.45, 7) is 2.71. The van der Waals surface area contributed by atoms with Gasteiger partial charge in [-0.2, -0.15) is 5.26 Å². The number of nitrogens with one attached hydrogen (secondary N) is 1. The van der Waals surface area contributed by atoms with Crippen LogP contribution in [0.15, 0.2) is 36.5 Å². The van der Waals surface area contributed by atoms with E-state index in [1.54, 1.807) is 6.07 Å². The zero-order valence-corrected chi connectivity index (χ0v) is 10.1. The summed E-state index contributed by atoms with van der Waals surface area (Å²) in [5, 5.41) is 11.9. The highest BCUT2D eigenvalue weighted by Crippen LogP contribution is 2.17. The molecule has 1 heterocycles. The molecule has 0 bridgehead atoms. The second-order valence-electron chi connectivity index (χ2n) is 4.11. The van der Waals surface area contributed by atoms with E-state index in [0.29, 0.717) is 23.6 Å². The Morgan fingerprint density at radius 2 is 2.06 bits per heavy atom. The maximum absolute atomic E-state index is 8.72. The van der Waals surface area contributed by atoms with E-state index >= 15 is 0 Å². The highest BCUT2D eigenvalue weighted by molar-refractivity contribution is 5.63. The van der Waals surface area contributed by atoms with Crippen LogP contribution in [0.3, 0.4) is 0 Å². The molecule has 1 aromatic carbocycles. The van der Waals surface area contributed by atoms with Crippen molar-refractivity contribution in [1.29, 1.82) is 5.26 Å². The van der Waals surface area contributed by atoms with E-state index in [-0.39, 0.29) is 0 Å². The molecule has 2 aromatic rings. The Kier molecular flexibility index (Phi) is 3.44. The lowest BCUT2D eigenvalue weighted by molar-refractivity contribution is 1.11. The third kappa shape index (κ3) is 2.77. The largest absolute Gasteiger partial charge is 0.396 e. The quantitative estimate of drug-likeness (QED) is 0.861. The minimum Gasteiger partial charge on any atom is -0.396 e. The first-order chi connectivity index (χ1) is 8.69. The molecule has 0 spiro atoms. The van der Waals surface area contributed by atoms with Crippen molar-refractivity contribution in [2.45, 2.75) is 13.5 Å². The molecular formula is C14H14N4. The molecule has 1 aromatic heterocycles. The van der Waals surface area contributed by atoms with Crippen LogP contribution >= 0.6 is 0 Å². The van der Waals surface area contributed by atoms with Crippen LogP contribution in [-0.2, 0) is 6.54 Å². The molecule has 4 nitrogen and oxygen atoms in total. The minimum atomic E-state index is 0.466. The van der Waals surface area contributed by atoms with Gasteiger partial charge in [-0.1, -0.05) is 29.8 Å². The Hall–Kier alpha value is -2.54. The van der Waals surface area contributed by atoms with Crippen LogP contribution in [0.1, 0.15) is 16.7 Å². The smallest absolute Gasteiger partial charge is 0.149 e. The zero-order chi connectivity index (χ0) is 13.0. The number of anilines is 2. The van der Waals surface area contributed by atoms with Crippen LogP contribution in [0.4, 0.5) is 11.5 Å². The van der Waals surface area contributed by atoms with Crippen molar-refractivity contribution in [3.63, 3.8) is 0 Å². The Labute approximate surface area is 106 Å². The number of aromatic nitrogens is 1. The molecule has 0 saturated carbocycles. The number of nitriles is 1. The summed E-state index contributed by atoms with van der Waals surface area (Å²) < 4.78 is 0. The van der Waals surface area contributed by atoms with Gasteiger partial charge in [0.05, 0.1) is 11.3 Å². The molecule has 2 rings (SSSR count). The number of rotatable bonds is 3. The van der Waals surface area contributed by atoms with Crippen LogP contribution in [0.2, 0.25) is 0 Å². The molecule has 3 N–H and O–H groups in total. The van der Waals surface area contributed by atoms with E-state index in [4.69, 9.17) is 11.0 Å². The topological polar surface area (TPSA) is 74.7 Å². The van der Waals surface area contributed by atoms with E-state index in [1.807, 2.05) is 6.07 Å². The normalized spacial score (nSPS) is 9.78. The SMILES string of the molecule is Cc1ccc(CNc2ncc(C#N)cc2N)cc1. The lowest BCUT2D eigenvalue weighted by Crippen LogP contribution is -2.04. The van der Waals surface area contributed by atoms with E-state index in [9.17, 15) is 0 Å². The van der Waals surface area contributed by atoms with Crippen LogP contribution in [-0.4, -0.2) is 4.98 Å². The summed E-state index contributed by atoms with van der Waals surface area (Å²) >= 11 is 0. The second-order valence-corrected chi connectivity index (χ2v) is 4.11. The number of nitrogens with two attached hydrogens (primary N) is 1. The Bertz CT molecular complexity index is 582. The van der Waals surface area contributed by atoms with Crippen molar-refractivity contribution in [2.24, 2.45) is 0 Å². The summed E-state index contributed by atoms with van der Waals surface area (Å²) in [4.78, 5) is 4.12. The van der Waals surface area contributed by atoms with Gasteiger partial charge in [-0.15, -0.1) is 0 Å². The van der Waals surface area contributed by atoms with Gasteiger partial charge in [0, 0.05) is 12.7 Å². The zero-order valence-electron chi connectivity index (χ0n) is 10.1. The summed E-state index contributed by atoms with van der Waals surface area (Å²) in [6.07, 6.45) is 1.51. The van der Waals surface area contributed by atoms with E-state index in [2.05, 4.69) is 41.5 Å². The number of hydrogen-bond acceptors (Lipinski definition) is 4. The van der Waals surface area contributed by atoms with Gasteiger partial charge in [0.25, 0.3) is 0 Å². The number of nitrogen functional groups attached to an aromatic ring is 1. The average Bonchev–Trinajstić information content (AvgIpc) is 2.39. The first-order valence-electron chi connectivity index (χ1n) is 5.64. The Balaban J connectivity index is 2.06. The van der Waals surface area contributed by atoms with Gasteiger partial charge in [-0.05, 0) is 18.6 Å². The summed E-state index contributed by atoms with van der Waals surface area (Å²) in [7, 11) is 0. The number of pyridine rings is 1. The molecule has 0 aliphatic carbocycles. The highest BCUT2D eigenvalue weighted by atomic mass is 15.0. The average molecular weight is 238 g/mol. The maximum atomic E-state index is 8.72. The van der Waals surface area contributed by atoms with Crippen LogP contribution < -0.4 is 11.1 Å². The predicted molar refractivity (Wildman–Crippen MR) is 71.9 cm³/mol. The lowest BCUT2D eigenvalue weighted by atomic mass is 10.1. The molecule has 90 valence electrons. The number of benzene rings is 1. The van der Waals surface area contributed by atoms with E-state index < -0.39 is 0 Å². The fourth-order valence-electron chi connectivity index (χ4n) is 1.58. The third-order valence-electron chi connectivity index (χ3n) is 2.63. The fraction of sp³-hybridized carbons (Fsp3) is 0.143. The molecule has 0 fully saturated rings. The predicted octanol–water partition coefficient (Wildman–Crippen LogP) is 2.46. The molecule has 0 unspecified atom stereocenters.